The maximum Gasteiger partial charge on any atom is 0.227 e. The fourth-order valence-electron chi connectivity index (χ4n) is 4.50. The molecular weight excluding hydrogens is 288 g/mol. The maximum atomic E-state index is 12.9. The van der Waals surface area contributed by atoms with E-state index in [1.54, 1.807) is 0 Å². The number of amides is 1. The van der Waals surface area contributed by atoms with Crippen LogP contribution in [0.25, 0.3) is 0 Å². The monoisotopic (exact) mass is 314 g/mol. The van der Waals surface area contributed by atoms with Gasteiger partial charge in [0.25, 0.3) is 0 Å². The van der Waals surface area contributed by atoms with Gasteiger partial charge in [0.05, 0.1) is 18.1 Å². The van der Waals surface area contributed by atoms with Crippen LogP contribution in [0.5, 0.6) is 5.75 Å². The smallest absolute Gasteiger partial charge is 0.227 e. The highest BCUT2D eigenvalue weighted by atomic mass is 16.5. The highest BCUT2D eigenvalue weighted by Gasteiger charge is 2.44. The largest absolute Gasteiger partial charge is 0.491 e. The van der Waals surface area contributed by atoms with Gasteiger partial charge in [0.1, 0.15) is 5.75 Å². The number of benzene rings is 1. The Kier molecular flexibility index (Phi) is 3.80. The van der Waals surface area contributed by atoms with E-state index in [0.29, 0.717) is 11.9 Å². The van der Waals surface area contributed by atoms with E-state index in [1.807, 2.05) is 0 Å². The molecule has 3 aliphatic heterocycles. The standard InChI is InChI=1S/C19H26N2O2/c1-12(2)23-14-5-6-15-13(10-14)7-9-21-18(15)11-17-16(19(21)22)4-3-8-20-17/h5-6,10,12,16-18,20H,3-4,7-9,11H2,1-2H3/t16-,17-,18-/m0/s1. The van der Waals surface area contributed by atoms with Gasteiger partial charge in [-0.05, 0) is 69.3 Å². The molecule has 1 N–H and O–H groups in total. The van der Waals surface area contributed by atoms with E-state index < -0.39 is 0 Å². The molecule has 4 nitrogen and oxygen atoms in total. The van der Waals surface area contributed by atoms with E-state index in [2.05, 4.69) is 42.3 Å². The quantitative estimate of drug-likeness (QED) is 0.912. The summed E-state index contributed by atoms with van der Waals surface area (Å²) in [5, 5.41) is 3.58. The number of carbonyl (C=O) groups is 1. The first-order valence-electron chi connectivity index (χ1n) is 8.97. The number of piperidine rings is 2. The average molecular weight is 314 g/mol. The molecule has 23 heavy (non-hydrogen) atoms. The van der Waals surface area contributed by atoms with Gasteiger partial charge in [0, 0.05) is 12.6 Å². The van der Waals surface area contributed by atoms with Crippen LogP contribution in [0.3, 0.4) is 0 Å². The van der Waals surface area contributed by atoms with Crippen molar-refractivity contribution in [3.05, 3.63) is 29.3 Å². The maximum absolute atomic E-state index is 12.9. The molecule has 124 valence electrons. The number of carbonyl (C=O) groups excluding carboxylic acids is 1. The summed E-state index contributed by atoms with van der Waals surface area (Å²) >= 11 is 0. The van der Waals surface area contributed by atoms with Gasteiger partial charge < -0.3 is 15.0 Å². The molecule has 3 atom stereocenters. The highest BCUT2D eigenvalue weighted by Crippen LogP contribution is 2.42. The molecule has 0 radical (unpaired) electrons. The zero-order chi connectivity index (χ0) is 16.0. The molecule has 4 heteroatoms. The molecule has 0 aromatic heterocycles. The predicted molar refractivity (Wildman–Crippen MR) is 89.5 cm³/mol. The Morgan fingerprint density at radius 3 is 3.04 bits per heavy atom. The summed E-state index contributed by atoms with van der Waals surface area (Å²) in [6.07, 6.45) is 4.36. The minimum absolute atomic E-state index is 0.191. The van der Waals surface area contributed by atoms with E-state index in [1.165, 1.54) is 11.1 Å². The second-order valence-electron chi connectivity index (χ2n) is 7.37. The zero-order valence-electron chi connectivity index (χ0n) is 14.0. The third-order valence-corrected chi connectivity index (χ3v) is 5.51. The molecule has 3 aliphatic rings. The fraction of sp³-hybridized carbons (Fsp3) is 0.632. The number of nitrogens with zero attached hydrogens (tertiary/aromatic N) is 1. The third kappa shape index (κ3) is 2.63. The van der Waals surface area contributed by atoms with E-state index in [4.69, 9.17) is 4.74 Å². The van der Waals surface area contributed by atoms with Crippen LogP contribution in [0, 0.1) is 5.92 Å². The zero-order valence-corrected chi connectivity index (χ0v) is 14.0. The van der Waals surface area contributed by atoms with Gasteiger partial charge in [-0.25, -0.2) is 0 Å². The van der Waals surface area contributed by atoms with Crippen LogP contribution in [0.2, 0.25) is 0 Å². The molecular formula is C19H26N2O2. The topological polar surface area (TPSA) is 41.6 Å². The number of hydrogen-bond donors (Lipinski definition) is 1. The summed E-state index contributed by atoms with van der Waals surface area (Å²) < 4.78 is 5.83. The number of rotatable bonds is 2. The number of hydrogen-bond acceptors (Lipinski definition) is 3. The Balaban J connectivity index is 1.63. The second kappa shape index (κ2) is 5.82. The van der Waals surface area contributed by atoms with Crippen LogP contribution in [-0.2, 0) is 11.2 Å². The lowest BCUT2D eigenvalue weighted by molar-refractivity contribution is -0.145. The first-order chi connectivity index (χ1) is 11.1. The summed E-state index contributed by atoms with van der Waals surface area (Å²) in [5.74, 6) is 1.51. The number of nitrogens with one attached hydrogen (secondary N) is 1. The van der Waals surface area contributed by atoms with E-state index in [9.17, 15) is 4.79 Å². The van der Waals surface area contributed by atoms with Crippen LogP contribution >= 0.6 is 0 Å². The summed E-state index contributed by atoms with van der Waals surface area (Å²) in [5.41, 5.74) is 2.68. The van der Waals surface area contributed by atoms with Gasteiger partial charge in [-0.15, -0.1) is 0 Å². The molecule has 0 bridgehead atoms. The summed E-state index contributed by atoms with van der Waals surface area (Å²) in [7, 11) is 0. The second-order valence-corrected chi connectivity index (χ2v) is 7.37. The van der Waals surface area contributed by atoms with Crippen molar-refractivity contribution in [3.63, 3.8) is 0 Å². The number of ether oxygens (including phenoxy) is 1. The molecule has 4 rings (SSSR count). The van der Waals surface area contributed by atoms with Gasteiger partial charge >= 0.3 is 0 Å². The Hall–Kier alpha value is -1.55. The summed E-state index contributed by atoms with van der Waals surface area (Å²) in [6.45, 7) is 6.01. The molecule has 1 amide bonds. The van der Waals surface area contributed by atoms with Crippen LogP contribution in [-0.4, -0.2) is 36.0 Å². The van der Waals surface area contributed by atoms with Crippen molar-refractivity contribution >= 4 is 5.91 Å². The summed E-state index contributed by atoms with van der Waals surface area (Å²) in [4.78, 5) is 15.0. The lowest BCUT2D eigenvalue weighted by atomic mass is 9.77. The Bertz CT molecular complexity index is 613. The summed E-state index contributed by atoms with van der Waals surface area (Å²) in [6, 6.07) is 7.02. The van der Waals surface area contributed by atoms with E-state index in [0.717, 1.165) is 44.5 Å². The third-order valence-electron chi connectivity index (χ3n) is 5.51. The van der Waals surface area contributed by atoms with Crippen LogP contribution in [0.4, 0.5) is 0 Å². The molecule has 1 aromatic carbocycles. The van der Waals surface area contributed by atoms with Crippen molar-refractivity contribution in [2.24, 2.45) is 5.92 Å². The van der Waals surface area contributed by atoms with Gasteiger partial charge in [-0.2, -0.15) is 0 Å². The Morgan fingerprint density at radius 2 is 2.22 bits per heavy atom. The van der Waals surface area contributed by atoms with Crippen molar-refractivity contribution in [3.8, 4) is 5.75 Å². The fourth-order valence-corrected chi connectivity index (χ4v) is 4.50. The minimum atomic E-state index is 0.191. The molecule has 2 fully saturated rings. The van der Waals surface area contributed by atoms with Crippen LogP contribution in [0.15, 0.2) is 18.2 Å². The van der Waals surface area contributed by atoms with Crippen molar-refractivity contribution in [2.45, 2.75) is 57.7 Å². The molecule has 0 saturated carbocycles. The van der Waals surface area contributed by atoms with Crippen LogP contribution in [0.1, 0.15) is 50.3 Å². The highest BCUT2D eigenvalue weighted by molar-refractivity contribution is 5.81. The minimum Gasteiger partial charge on any atom is -0.491 e. The van der Waals surface area contributed by atoms with Crippen LogP contribution < -0.4 is 10.1 Å². The van der Waals surface area contributed by atoms with Crippen molar-refractivity contribution < 1.29 is 9.53 Å². The molecule has 0 aliphatic carbocycles. The average Bonchev–Trinajstić information content (AvgIpc) is 2.54. The van der Waals surface area contributed by atoms with E-state index in [-0.39, 0.29) is 18.1 Å². The van der Waals surface area contributed by atoms with Gasteiger partial charge in [0.15, 0.2) is 0 Å². The Morgan fingerprint density at radius 1 is 1.35 bits per heavy atom. The van der Waals surface area contributed by atoms with Gasteiger partial charge in [-0.1, -0.05) is 6.07 Å². The lowest BCUT2D eigenvalue weighted by Crippen LogP contribution is -2.57. The number of fused-ring (bicyclic) bond motifs is 4. The molecule has 2 saturated heterocycles. The van der Waals surface area contributed by atoms with Gasteiger partial charge in [0.2, 0.25) is 5.91 Å². The molecule has 3 heterocycles. The van der Waals surface area contributed by atoms with Crippen molar-refractivity contribution in [1.29, 1.82) is 0 Å². The molecule has 1 aromatic rings. The molecule has 0 spiro atoms. The van der Waals surface area contributed by atoms with Crippen molar-refractivity contribution in [1.82, 2.24) is 10.2 Å². The molecule has 0 unspecified atom stereocenters. The lowest BCUT2D eigenvalue weighted by Gasteiger charge is -2.48. The first kappa shape index (κ1) is 15.0. The van der Waals surface area contributed by atoms with E-state index >= 15 is 0 Å². The normalized spacial score (nSPS) is 29.8. The SMILES string of the molecule is CC(C)Oc1ccc2c(c1)CCN1C(=O)[C@H]3CCCN[C@H]3C[C@@H]21. The van der Waals surface area contributed by atoms with Gasteiger partial charge in [-0.3, -0.25) is 4.79 Å². The van der Waals surface area contributed by atoms with Crippen molar-refractivity contribution in [2.75, 3.05) is 13.1 Å². The predicted octanol–water partition coefficient (Wildman–Crippen LogP) is 2.67. The Labute approximate surface area is 138 Å². The first-order valence-corrected chi connectivity index (χ1v) is 8.97.